The summed E-state index contributed by atoms with van der Waals surface area (Å²) < 4.78 is 15.8. The number of hydrogen-bond donors (Lipinski definition) is 1. The van der Waals surface area contributed by atoms with E-state index in [1.165, 1.54) is 7.11 Å². The van der Waals surface area contributed by atoms with Crippen molar-refractivity contribution in [3.05, 3.63) is 53.2 Å². The van der Waals surface area contributed by atoms with Crippen molar-refractivity contribution in [2.75, 3.05) is 20.8 Å². The number of nitrogens with one attached hydrogen (secondary N) is 1. The number of rotatable bonds is 6. The minimum absolute atomic E-state index is 0.300. The molecule has 0 radical (unpaired) electrons. The normalized spacial score (nSPS) is 11.0. The van der Waals surface area contributed by atoms with Gasteiger partial charge in [-0.25, -0.2) is 4.79 Å². The van der Waals surface area contributed by atoms with E-state index in [1.54, 1.807) is 26.2 Å². The minimum Gasteiger partial charge on any atom is -0.497 e. The van der Waals surface area contributed by atoms with Crippen LogP contribution in [-0.4, -0.2) is 37.0 Å². The molecule has 1 heterocycles. The quantitative estimate of drug-likeness (QED) is 0.681. The van der Waals surface area contributed by atoms with Crippen LogP contribution in [0, 0.1) is 0 Å². The lowest BCUT2D eigenvalue weighted by Gasteiger charge is -2.09. The Morgan fingerprint density at radius 1 is 1.15 bits per heavy atom. The van der Waals surface area contributed by atoms with Crippen molar-refractivity contribution >= 4 is 29.0 Å². The first-order valence-corrected chi connectivity index (χ1v) is 8.22. The fourth-order valence-electron chi connectivity index (χ4n) is 2.73. The monoisotopic (exact) mass is 352 g/mol. The number of benzene rings is 2. The van der Waals surface area contributed by atoms with Crippen LogP contribution < -0.4 is 9.47 Å². The number of aromatic nitrogens is 2. The Kier molecular flexibility index (Phi) is 5.22. The highest BCUT2D eigenvalue weighted by Gasteiger charge is 2.19. The van der Waals surface area contributed by atoms with E-state index < -0.39 is 5.97 Å². The average Bonchev–Trinajstić information content (AvgIpc) is 3.09. The number of carbonyl (C=O) groups is 1. The first-order chi connectivity index (χ1) is 12.7. The van der Waals surface area contributed by atoms with E-state index in [9.17, 15) is 4.79 Å². The molecule has 0 aliphatic carbocycles. The summed E-state index contributed by atoms with van der Waals surface area (Å²) in [5.41, 5.74) is 2.80. The molecule has 0 atom stereocenters. The van der Waals surface area contributed by atoms with Crippen LogP contribution in [0.15, 0.2) is 36.4 Å². The van der Waals surface area contributed by atoms with Gasteiger partial charge in [-0.1, -0.05) is 18.2 Å². The van der Waals surface area contributed by atoms with E-state index in [4.69, 9.17) is 14.2 Å². The Balaban J connectivity index is 2.04. The second-order valence-corrected chi connectivity index (χ2v) is 5.51. The lowest BCUT2D eigenvalue weighted by atomic mass is 10.1. The summed E-state index contributed by atoms with van der Waals surface area (Å²) in [6.07, 6.45) is 3.79. The van der Waals surface area contributed by atoms with Crippen molar-refractivity contribution in [2.45, 2.75) is 6.92 Å². The molecule has 0 saturated heterocycles. The van der Waals surface area contributed by atoms with Crippen LogP contribution in [0.1, 0.15) is 28.5 Å². The fourth-order valence-corrected chi connectivity index (χ4v) is 2.73. The molecule has 0 aliphatic rings. The molecule has 26 heavy (non-hydrogen) atoms. The van der Waals surface area contributed by atoms with Gasteiger partial charge in [-0.15, -0.1) is 0 Å². The highest BCUT2D eigenvalue weighted by molar-refractivity contribution is 6.03. The molecular formula is C20H20N2O4. The Hall–Kier alpha value is -3.28. The molecule has 0 unspecified atom stereocenters. The number of methoxy groups -OCH3 is 2. The highest BCUT2D eigenvalue weighted by atomic mass is 16.5. The van der Waals surface area contributed by atoms with E-state index in [0.29, 0.717) is 23.6 Å². The molecular weight excluding hydrogens is 332 g/mol. The third kappa shape index (κ3) is 3.39. The van der Waals surface area contributed by atoms with Gasteiger partial charge in [-0.05, 0) is 42.8 Å². The lowest BCUT2D eigenvalue weighted by molar-refractivity contribution is 0.0523. The zero-order valence-electron chi connectivity index (χ0n) is 14.9. The van der Waals surface area contributed by atoms with Crippen molar-refractivity contribution in [3.63, 3.8) is 0 Å². The van der Waals surface area contributed by atoms with Gasteiger partial charge in [-0.3, -0.25) is 5.10 Å². The molecule has 3 aromatic rings. The maximum absolute atomic E-state index is 12.2. The molecule has 1 N–H and O–H groups in total. The van der Waals surface area contributed by atoms with Crippen LogP contribution in [0.4, 0.5) is 0 Å². The van der Waals surface area contributed by atoms with Crippen LogP contribution in [0.2, 0.25) is 0 Å². The van der Waals surface area contributed by atoms with Crippen molar-refractivity contribution in [1.29, 1.82) is 0 Å². The molecule has 1 aromatic heterocycles. The minimum atomic E-state index is -0.421. The molecule has 0 saturated carbocycles. The number of carbonyl (C=O) groups excluding carboxylic acids is 1. The largest absolute Gasteiger partial charge is 0.497 e. The molecule has 3 rings (SSSR count). The number of hydrogen-bond acceptors (Lipinski definition) is 5. The molecule has 0 spiro atoms. The predicted octanol–water partition coefficient (Wildman–Crippen LogP) is 3.93. The van der Waals surface area contributed by atoms with Gasteiger partial charge < -0.3 is 14.2 Å². The van der Waals surface area contributed by atoms with Crippen LogP contribution in [0.25, 0.3) is 23.1 Å². The fraction of sp³-hybridized carbons (Fsp3) is 0.200. The number of aromatic amines is 1. The summed E-state index contributed by atoms with van der Waals surface area (Å²) in [5.74, 6) is 0.802. The molecule has 134 valence electrons. The van der Waals surface area contributed by atoms with Crippen LogP contribution in [0.5, 0.6) is 11.5 Å². The molecule has 0 amide bonds. The molecule has 2 aromatic carbocycles. The van der Waals surface area contributed by atoms with Crippen LogP contribution >= 0.6 is 0 Å². The lowest BCUT2D eigenvalue weighted by Crippen LogP contribution is -2.07. The Labute approximate surface area is 151 Å². The molecule has 0 fully saturated rings. The van der Waals surface area contributed by atoms with Gasteiger partial charge in [0.15, 0.2) is 0 Å². The van der Waals surface area contributed by atoms with Crippen molar-refractivity contribution in [2.24, 2.45) is 0 Å². The van der Waals surface area contributed by atoms with Crippen LogP contribution in [-0.2, 0) is 4.74 Å². The van der Waals surface area contributed by atoms with Gasteiger partial charge in [0, 0.05) is 0 Å². The Bertz CT molecular complexity index is 960. The summed E-state index contributed by atoms with van der Waals surface area (Å²) in [6, 6.07) is 11.2. The van der Waals surface area contributed by atoms with Crippen LogP contribution in [0.3, 0.4) is 0 Å². The standard InChI is InChI=1S/C20H20N2O4/c1-4-26-20(23)15-9-11-17-18(19(15)25-3)16(21-22-17)10-8-13-6-5-7-14(12-13)24-2/h5-12H,4H2,1-3H3,(H,21,22)/b10-8+. The summed E-state index contributed by atoms with van der Waals surface area (Å²) in [6.45, 7) is 2.07. The third-order valence-electron chi connectivity index (χ3n) is 3.94. The maximum Gasteiger partial charge on any atom is 0.341 e. The Morgan fingerprint density at radius 3 is 2.73 bits per heavy atom. The first-order valence-electron chi connectivity index (χ1n) is 8.22. The van der Waals surface area contributed by atoms with E-state index in [-0.39, 0.29) is 0 Å². The number of esters is 1. The van der Waals surface area contributed by atoms with E-state index in [0.717, 1.165) is 22.2 Å². The van der Waals surface area contributed by atoms with Crippen molar-refractivity contribution < 1.29 is 19.0 Å². The summed E-state index contributed by atoms with van der Waals surface area (Å²) in [7, 11) is 3.16. The molecule has 0 bridgehead atoms. The van der Waals surface area contributed by atoms with Gasteiger partial charge in [0.2, 0.25) is 0 Å². The highest BCUT2D eigenvalue weighted by Crippen LogP contribution is 2.32. The van der Waals surface area contributed by atoms with E-state index in [1.807, 2.05) is 36.4 Å². The second-order valence-electron chi connectivity index (χ2n) is 5.51. The number of fused-ring (bicyclic) bond motifs is 1. The van der Waals surface area contributed by atoms with Gasteiger partial charge in [0.1, 0.15) is 17.1 Å². The zero-order chi connectivity index (χ0) is 18.5. The predicted molar refractivity (Wildman–Crippen MR) is 101 cm³/mol. The third-order valence-corrected chi connectivity index (χ3v) is 3.94. The molecule has 6 nitrogen and oxygen atoms in total. The zero-order valence-corrected chi connectivity index (χ0v) is 14.9. The maximum atomic E-state index is 12.2. The SMILES string of the molecule is CCOC(=O)c1ccc2[nH]nc(/C=C/c3cccc(OC)c3)c2c1OC. The summed E-state index contributed by atoms with van der Waals surface area (Å²) in [4.78, 5) is 12.2. The van der Waals surface area contributed by atoms with Crippen molar-refractivity contribution in [1.82, 2.24) is 10.2 Å². The number of ether oxygens (including phenoxy) is 3. The van der Waals surface area contributed by atoms with Gasteiger partial charge >= 0.3 is 5.97 Å². The van der Waals surface area contributed by atoms with Gasteiger partial charge in [0.05, 0.1) is 37.4 Å². The van der Waals surface area contributed by atoms with E-state index in [2.05, 4.69) is 10.2 Å². The molecule has 0 aliphatic heterocycles. The Morgan fingerprint density at radius 2 is 2.00 bits per heavy atom. The smallest absolute Gasteiger partial charge is 0.341 e. The van der Waals surface area contributed by atoms with Gasteiger partial charge in [0.25, 0.3) is 0 Å². The average molecular weight is 352 g/mol. The van der Waals surface area contributed by atoms with Gasteiger partial charge in [-0.2, -0.15) is 5.10 Å². The summed E-state index contributed by atoms with van der Waals surface area (Å²) in [5, 5.41) is 8.03. The first kappa shape index (κ1) is 17.5. The second kappa shape index (κ2) is 7.74. The van der Waals surface area contributed by atoms with Crippen molar-refractivity contribution in [3.8, 4) is 11.5 Å². The number of H-pyrrole nitrogens is 1. The summed E-state index contributed by atoms with van der Waals surface area (Å²) >= 11 is 0. The molecule has 6 heteroatoms. The topological polar surface area (TPSA) is 73.4 Å². The van der Waals surface area contributed by atoms with E-state index >= 15 is 0 Å². The number of nitrogens with zero attached hydrogens (tertiary/aromatic N) is 1.